The minimum absolute atomic E-state index is 0.120. The fourth-order valence-corrected chi connectivity index (χ4v) is 4.76. The van der Waals surface area contributed by atoms with Crippen molar-refractivity contribution in [1.29, 1.82) is 0 Å². The highest BCUT2D eigenvalue weighted by molar-refractivity contribution is 7.80. The third-order valence-electron chi connectivity index (χ3n) is 6.50. The lowest BCUT2D eigenvalue weighted by atomic mass is 10.1. The zero-order valence-electron chi connectivity index (χ0n) is 20.2. The van der Waals surface area contributed by atoms with Crippen molar-refractivity contribution in [2.75, 3.05) is 52.5 Å². The summed E-state index contributed by atoms with van der Waals surface area (Å²) >= 11 is 5.76. The minimum atomic E-state index is -0.120. The first-order valence-corrected chi connectivity index (χ1v) is 12.8. The van der Waals surface area contributed by atoms with E-state index in [1.54, 1.807) is 0 Å². The molecule has 2 aliphatic heterocycles. The molecule has 0 amide bonds. The zero-order valence-corrected chi connectivity index (χ0v) is 21.0. The predicted octanol–water partition coefficient (Wildman–Crippen LogP) is 2.89. The van der Waals surface area contributed by atoms with Gasteiger partial charge in [0.2, 0.25) is 0 Å². The van der Waals surface area contributed by atoms with Gasteiger partial charge in [0.25, 0.3) is 5.56 Å². The Balaban J connectivity index is 1.48. The van der Waals surface area contributed by atoms with E-state index in [0.29, 0.717) is 48.5 Å². The molecular formula is C25H36N4O4S. The number of aromatic nitrogens is 1. The van der Waals surface area contributed by atoms with Crippen LogP contribution in [0.5, 0.6) is 11.5 Å². The van der Waals surface area contributed by atoms with Crippen molar-refractivity contribution in [3.8, 4) is 11.5 Å². The molecule has 1 fully saturated rings. The van der Waals surface area contributed by atoms with E-state index in [-0.39, 0.29) is 11.7 Å². The van der Waals surface area contributed by atoms with Crippen LogP contribution in [0.1, 0.15) is 38.7 Å². The molecule has 2 aliphatic rings. The average molecular weight is 489 g/mol. The highest BCUT2D eigenvalue weighted by atomic mass is 32.1. The summed E-state index contributed by atoms with van der Waals surface area (Å²) in [5.41, 5.74) is 1.28. The molecule has 0 radical (unpaired) electrons. The van der Waals surface area contributed by atoms with Gasteiger partial charge in [-0.05, 0) is 63.2 Å². The molecule has 1 unspecified atom stereocenters. The Kier molecular flexibility index (Phi) is 8.64. The van der Waals surface area contributed by atoms with Crippen molar-refractivity contribution < 1.29 is 14.2 Å². The van der Waals surface area contributed by atoms with Gasteiger partial charge in [0.05, 0.1) is 18.2 Å². The van der Waals surface area contributed by atoms with Crippen molar-refractivity contribution in [3.63, 3.8) is 0 Å². The van der Waals surface area contributed by atoms with Gasteiger partial charge in [0.1, 0.15) is 13.2 Å². The number of nitrogens with one attached hydrogen (secondary N) is 2. The average Bonchev–Trinajstić information content (AvgIpc) is 3.36. The number of ether oxygens (including phenoxy) is 3. The standard InChI is InChI=1S/C25H36N4O4S/c1-3-28(4-2)9-6-8-26-25(34)29(17-20-7-5-10-31-20)16-19-13-18-14-22-23(33-12-11-32-22)15-21(18)27-24(19)30/h13-15,20H,3-12,16-17H2,1-2H3,(H,26,34)(H,27,30). The molecule has 0 saturated carbocycles. The summed E-state index contributed by atoms with van der Waals surface area (Å²) in [6, 6.07) is 5.69. The van der Waals surface area contributed by atoms with E-state index in [1.165, 1.54) is 0 Å². The summed E-state index contributed by atoms with van der Waals surface area (Å²) in [6.45, 7) is 11.2. The third-order valence-corrected chi connectivity index (χ3v) is 6.90. The van der Waals surface area contributed by atoms with E-state index in [9.17, 15) is 4.79 Å². The van der Waals surface area contributed by atoms with E-state index in [2.05, 4.69) is 33.9 Å². The lowest BCUT2D eigenvalue weighted by Crippen LogP contribution is -2.44. The van der Waals surface area contributed by atoms with E-state index >= 15 is 0 Å². The van der Waals surface area contributed by atoms with E-state index in [0.717, 1.165) is 63.0 Å². The SMILES string of the molecule is CCN(CC)CCCNC(=S)N(Cc1cc2cc3c(cc2[nH]c1=O)OCCO3)CC1CCCO1. The van der Waals surface area contributed by atoms with Crippen LogP contribution in [0, 0.1) is 0 Å². The Bertz CT molecular complexity index is 1030. The molecular weight excluding hydrogens is 452 g/mol. The van der Waals surface area contributed by atoms with Gasteiger partial charge in [-0.2, -0.15) is 0 Å². The number of aromatic amines is 1. The van der Waals surface area contributed by atoms with Gasteiger partial charge in [-0.15, -0.1) is 0 Å². The fourth-order valence-electron chi connectivity index (χ4n) is 4.51. The Morgan fingerprint density at radius 3 is 2.62 bits per heavy atom. The highest BCUT2D eigenvalue weighted by Crippen LogP contribution is 2.33. The van der Waals surface area contributed by atoms with Crippen LogP contribution in [0.15, 0.2) is 23.0 Å². The molecule has 1 aromatic heterocycles. The van der Waals surface area contributed by atoms with Crippen LogP contribution in [0.3, 0.4) is 0 Å². The molecule has 8 nitrogen and oxygen atoms in total. The number of hydrogen-bond acceptors (Lipinski definition) is 6. The second-order valence-corrected chi connectivity index (χ2v) is 9.22. The largest absolute Gasteiger partial charge is 0.486 e. The number of rotatable bonds is 10. The maximum Gasteiger partial charge on any atom is 0.253 e. The van der Waals surface area contributed by atoms with Crippen molar-refractivity contribution in [2.45, 2.75) is 45.8 Å². The summed E-state index contributed by atoms with van der Waals surface area (Å²) in [5, 5.41) is 4.98. The van der Waals surface area contributed by atoms with E-state index < -0.39 is 0 Å². The Morgan fingerprint density at radius 2 is 1.91 bits per heavy atom. The number of benzene rings is 1. The molecule has 0 spiro atoms. The van der Waals surface area contributed by atoms with Crippen LogP contribution in [0.25, 0.3) is 10.9 Å². The smallest absolute Gasteiger partial charge is 0.253 e. The molecule has 0 bridgehead atoms. The van der Waals surface area contributed by atoms with Gasteiger partial charge in [-0.1, -0.05) is 13.8 Å². The molecule has 2 N–H and O–H groups in total. The summed E-state index contributed by atoms with van der Waals surface area (Å²) in [6.07, 6.45) is 3.22. The summed E-state index contributed by atoms with van der Waals surface area (Å²) < 4.78 is 17.2. The molecule has 4 rings (SSSR count). The first-order chi connectivity index (χ1) is 16.6. The van der Waals surface area contributed by atoms with Crippen LogP contribution in [0.2, 0.25) is 0 Å². The topological polar surface area (TPSA) is 79.1 Å². The number of H-pyrrole nitrogens is 1. The number of fused-ring (bicyclic) bond motifs is 2. The maximum absolute atomic E-state index is 12.9. The van der Waals surface area contributed by atoms with Crippen molar-refractivity contribution in [3.05, 3.63) is 34.1 Å². The molecule has 2 aromatic rings. The molecule has 9 heteroatoms. The minimum Gasteiger partial charge on any atom is -0.486 e. The van der Waals surface area contributed by atoms with Gasteiger partial charge >= 0.3 is 0 Å². The molecule has 0 aliphatic carbocycles. The number of hydrogen-bond donors (Lipinski definition) is 2. The third kappa shape index (κ3) is 6.20. The second-order valence-electron chi connectivity index (χ2n) is 8.83. The summed E-state index contributed by atoms with van der Waals surface area (Å²) in [7, 11) is 0. The second kappa shape index (κ2) is 11.9. The van der Waals surface area contributed by atoms with Gasteiger partial charge in [0, 0.05) is 36.7 Å². The van der Waals surface area contributed by atoms with Gasteiger partial charge in [-0.3, -0.25) is 4.79 Å². The van der Waals surface area contributed by atoms with E-state index in [1.807, 2.05) is 18.2 Å². The molecule has 1 atom stereocenters. The van der Waals surface area contributed by atoms with Crippen LogP contribution in [-0.4, -0.2) is 78.5 Å². The van der Waals surface area contributed by atoms with Crippen molar-refractivity contribution in [1.82, 2.24) is 20.1 Å². The predicted molar refractivity (Wildman–Crippen MR) is 138 cm³/mol. The Morgan fingerprint density at radius 1 is 1.15 bits per heavy atom. The van der Waals surface area contributed by atoms with Crippen LogP contribution in [-0.2, 0) is 11.3 Å². The lowest BCUT2D eigenvalue weighted by Gasteiger charge is -2.28. The van der Waals surface area contributed by atoms with E-state index in [4.69, 9.17) is 26.4 Å². The lowest BCUT2D eigenvalue weighted by molar-refractivity contribution is 0.0896. The number of nitrogens with zero attached hydrogens (tertiary/aromatic N) is 2. The summed E-state index contributed by atoms with van der Waals surface area (Å²) in [4.78, 5) is 20.4. The van der Waals surface area contributed by atoms with Crippen molar-refractivity contribution in [2.24, 2.45) is 0 Å². The summed E-state index contributed by atoms with van der Waals surface area (Å²) in [5.74, 6) is 1.37. The monoisotopic (exact) mass is 488 g/mol. The molecule has 1 aromatic carbocycles. The van der Waals surface area contributed by atoms with Gasteiger partial charge < -0.3 is 34.3 Å². The first-order valence-electron chi connectivity index (χ1n) is 12.4. The quantitative estimate of drug-likeness (QED) is 0.391. The Labute approximate surface area is 206 Å². The van der Waals surface area contributed by atoms with Crippen molar-refractivity contribution >= 4 is 28.2 Å². The van der Waals surface area contributed by atoms with Crippen LogP contribution >= 0.6 is 12.2 Å². The van der Waals surface area contributed by atoms with Crippen LogP contribution in [0.4, 0.5) is 0 Å². The molecule has 3 heterocycles. The maximum atomic E-state index is 12.9. The number of thiocarbonyl (C=S) groups is 1. The normalized spacial score (nSPS) is 17.3. The molecule has 34 heavy (non-hydrogen) atoms. The highest BCUT2D eigenvalue weighted by Gasteiger charge is 2.22. The van der Waals surface area contributed by atoms with Gasteiger partial charge in [0.15, 0.2) is 16.6 Å². The zero-order chi connectivity index (χ0) is 23.9. The molecule has 1 saturated heterocycles. The molecule has 186 valence electrons. The van der Waals surface area contributed by atoms with Gasteiger partial charge in [-0.25, -0.2) is 0 Å². The Hall–Kier alpha value is -2.36. The van der Waals surface area contributed by atoms with Crippen LogP contribution < -0.4 is 20.3 Å². The number of pyridine rings is 1. The fraction of sp³-hybridized carbons (Fsp3) is 0.600. The first kappa shape index (κ1) is 24.8.